The summed E-state index contributed by atoms with van der Waals surface area (Å²) < 4.78 is 16.3. The van der Waals surface area contributed by atoms with E-state index in [1.807, 2.05) is 18.2 Å². The van der Waals surface area contributed by atoms with Crippen molar-refractivity contribution in [2.24, 2.45) is 0 Å². The topological polar surface area (TPSA) is 78.4 Å². The van der Waals surface area contributed by atoms with E-state index in [1.54, 1.807) is 37.4 Å². The zero-order valence-electron chi connectivity index (χ0n) is 12.7. The number of hydrogen-bond donors (Lipinski definition) is 0. The van der Waals surface area contributed by atoms with Gasteiger partial charge < -0.3 is 13.6 Å². The van der Waals surface area contributed by atoms with Crippen molar-refractivity contribution in [2.45, 2.75) is 0 Å². The summed E-state index contributed by atoms with van der Waals surface area (Å²) in [5, 5.41) is 8.44. The summed E-state index contributed by atoms with van der Waals surface area (Å²) in [5.41, 5.74) is 1.24. The van der Waals surface area contributed by atoms with Crippen molar-refractivity contribution in [3.8, 4) is 28.7 Å². The summed E-state index contributed by atoms with van der Waals surface area (Å²) in [6.07, 6.45) is 1.34. The van der Waals surface area contributed by atoms with E-state index in [4.69, 9.17) is 13.6 Å². The van der Waals surface area contributed by atoms with E-state index in [0.717, 1.165) is 0 Å². The van der Waals surface area contributed by atoms with Gasteiger partial charge in [-0.1, -0.05) is 18.2 Å². The highest BCUT2D eigenvalue weighted by atomic mass is 16.5. The van der Waals surface area contributed by atoms with Gasteiger partial charge in [-0.25, -0.2) is 0 Å². The Labute approximate surface area is 136 Å². The number of benzene rings is 2. The molecule has 0 aliphatic rings. The summed E-state index contributed by atoms with van der Waals surface area (Å²) >= 11 is 0. The second-order valence-electron chi connectivity index (χ2n) is 5.12. The van der Waals surface area contributed by atoms with Crippen LogP contribution in [0, 0.1) is 0 Å². The fraction of sp³-hybridized carbons (Fsp3) is 0.0556. The predicted molar refractivity (Wildman–Crippen MR) is 87.8 cm³/mol. The first-order valence-electron chi connectivity index (χ1n) is 7.25. The summed E-state index contributed by atoms with van der Waals surface area (Å²) in [5.74, 6) is 1.10. The predicted octanol–water partition coefficient (Wildman–Crippen LogP) is 3.52. The number of para-hydroxylation sites is 1. The van der Waals surface area contributed by atoms with Crippen LogP contribution in [-0.2, 0) is 0 Å². The molecule has 0 fully saturated rings. The van der Waals surface area contributed by atoms with E-state index < -0.39 is 0 Å². The van der Waals surface area contributed by atoms with Crippen LogP contribution in [0.4, 0.5) is 0 Å². The molecule has 2 aromatic carbocycles. The molecule has 0 N–H and O–H groups in total. The van der Waals surface area contributed by atoms with Gasteiger partial charge in [0, 0.05) is 5.56 Å². The molecular formula is C18H12N2O4. The monoisotopic (exact) mass is 320 g/mol. The normalized spacial score (nSPS) is 10.9. The highest BCUT2D eigenvalue weighted by Gasteiger charge is 2.16. The molecular weight excluding hydrogens is 308 g/mol. The van der Waals surface area contributed by atoms with Crippen molar-refractivity contribution in [3.63, 3.8) is 0 Å². The Kier molecular flexibility index (Phi) is 3.35. The highest BCUT2D eigenvalue weighted by molar-refractivity contribution is 5.79. The van der Waals surface area contributed by atoms with E-state index in [0.29, 0.717) is 28.2 Å². The van der Waals surface area contributed by atoms with E-state index in [2.05, 4.69) is 10.2 Å². The highest BCUT2D eigenvalue weighted by Crippen LogP contribution is 2.26. The van der Waals surface area contributed by atoms with Crippen molar-refractivity contribution in [1.82, 2.24) is 10.2 Å². The van der Waals surface area contributed by atoms with Crippen LogP contribution in [0.3, 0.4) is 0 Å². The van der Waals surface area contributed by atoms with Crippen molar-refractivity contribution in [2.75, 3.05) is 7.11 Å². The van der Waals surface area contributed by atoms with Crippen LogP contribution in [0.2, 0.25) is 0 Å². The molecule has 0 unspecified atom stereocenters. The quantitative estimate of drug-likeness (QED) is 0.575. The van der Waals surface area contributed by atoms with Crippen LogP contribution in [-0.4, -0.2) is 17.3 Å². The minimum Gasteiger partial charge on any atom is -0.497 e. The molecule has 24 heavy (non-hydrogen) atoms. The summed E-state index contributed by atoms with van der Waals surface area (Å²) in [7, 11) is 1.58. The Morgan fingerprint density at radius 2 is 1.83 bits per heavy atom. The minimum absolute atomic E-state index is 0.118. The van der Waals surface area contributed by atoms with Crippen molar-refractivity contribution in [1.29, 1.82) is 0 Å². The minimum atomic E-state index is -0.210. The first-order valence-corrected chi connectivity index (χ1v) is 7.25. The van der Waals surface area contributed by atoms with E-state index in [1.165, 1.54) is 6.26 Å². The second kappa shape index (κ2) is 5.66. The zero-order valence-corrected chi connectivity index (χ0v) is 12.7. The van der Waals surface area contributed by atoms with Gasteiger partial charge >= 0.3 is 0 Å². The van der Waals surface area contributed by atoms with Crippen LogP contribution in [0.5, 0.6) is 5.75 Å². The van der Waals surface area contributed by atoms with Crippen LogP contribution in [0.15, 0.2) is 68.4 Å². The van der Waals surface area contributed by atoms with Crippen molar-refractivity contribution in [3.05, 3.63) is 65.0 Å². The van der Waals surface area contributed by atoms with E-state index >= 15 is 0 Å². The lowest BCUT2D eigenvalue weighted by molar-refractivity contribution is 0.415. The van der Waals surface area contributed by atoms with Gasteiger partial charge in [0.2, 0.25) is 11.3 Å². The smallest absolute Gasteiger partial charge is 0.255 e. The largest absolute Gasteiger partial charge is 0.497 e. The van der Waals surface area contributed by atoms with Crippen LogP contribution < -0.4 is 10.2 Å². The maximum absolute atomic E-state index is 12.6. The first-order chi connectivity index (χ1) is 11.8. The van der Waals surface area contributed by atoms with Crippen LogP contribution in [0.1, 0.15) is 0 Å². The summed E-state index contributed by atoms with van der Waals surface area (Å²) in [4.78, 5) is 12.6. The third-order valence-electron chi connectivity index (χ3n) is 3.65. The zero-order chi connectivity index (χ0) is 16.5. The lowest BCUT2D eigenvalue weighted by atomic mass is 10.2. The molecule has 6 heteroatoms. The van der Waals surface area contributed by atoms with Gasteiger partial charge in [0.15, 0.2) is 0 Å². The third kappa shape index (κ3) is 2.34. The van der Waals surface area contributed by atoms with Gasteiger partial charge in [-0.3, -0.25) is 4.79 Å². The fourth-order valence-corrected chi connectivity index (χ4v) is 2.43. The Balaban J connectivity index is 1.80. The Hall–Kier alpha value is -3.41. The maximum Gasteiger partial charge on any atom is 0.255 e. The molecule has 0 saturated heterocycles. The Morgan fingerprint density at radius 1 is 1.00 bits per heavy atom. The number of ether oxygens (including phenoxy) is 1. The maximum atomic E-state index is 12.6. The molecule has 0 atom stereocenters. The van der Waals surface area contributed by atoms with Gasteiger partial charge in [-0.2, -0.15) is 0 Å². The molecule has 0 aliphatic carbocycles. The number of fused-ring (bicyclic) bond motifs is 1. The van der Waals surface area contributed by atoms with Gasteiger partial charge in [0.05, 0.1) is 12.5 Å². The number of nitrogens with zero attached hydrogens (tertiary/aromatic N) is 2. The number of hydrogen-bond acceptors (Lipinski definition) is 6. The molecule has 6 nitrogen and oxygen atoms in total. The average molecular weight is 320 g/mol. The second-order valence-corrected chi connectivity index (χ2v) is 5.12. The standard InChI is InChI=1S/C18H12N2O4/c1-22-12-6-4-5-11(9-12)17-19-20-18(24-17)14-10-23-15-8-3-2-7-13(15)16(14)21/h2-10H,1H3. The van der Waals surface area contributed by atoms with E-state index in [9.17, 15) is 4.79 Å². The molecule has 2 aromatic heterocycles. The molecule has 4 rings (SSSR count). The van der Waals surface area contributed by atoms with E-state index in [-0.39, 0.29) is 16.9 Å². The molecule has 2 heterocycles. The molecule has 0 saturated carbocycles. The number of aromatic nitrogens is 2. The average Bonchev–Trinajstić information content (AvgIpc) is 3.12. The Morgan fingerprint density at radius 3 is 2.71 bits per heavy atom. The summed E-state index contributed by atoms with van der Waals surface area (Å²) in [6, 6.07) is 14.3. The molecule has 4 aromatic rings. The van der Waals surface area contributed by atoms with Crippen LogP contribution in [0.25, 0.3) is 33.9 Å². The lowest BCUT2D eigenvalue weighted by Crippen LogP contribution is -2.04. The number of rotatable bonds is 3. The molecule has 0 radical (unpaired) electrons. The summed E-state index contributed by atoms with van der Waals surface area (Å²) in [6.45, 7) is 0. The first kappa shape index (κ1) is 14.2. The van der Waals surface area contributed by atoms with Gasteiger partial charge in [-0.05, 0) is 30.3 Å². The van der Waals surface area contributed by atoms with Gasteiger partial charge in [0.1, 0.15) is 23.2 Å². The molecule has 0 amide bonds. The Bertz CT molecular complexity index is 1080. The SMILES string of the molecule is COc1cccc(-c2nnc(-c3coc4ccccc4c3=O)o2)c1. The van der Waals surface area contributed by atoms with Crippen molar-refractivity contribution < 1.29 is 13.6 Å². The molecule has 0 spiro atoms. The van der Waals surface area contributed by atoms with Gasteiger partial charge in [0.25, 0.3) is 5.89 Å². The lowest BCUT2D eigenvalue weighted by Gasteiger charge is -2.00. The van der Waals surface area contributed by atoms with Gasteiger partial charge in [-0.15, -0.1) is 10.2 Å². The van der Waals surface area contributed by atoms with Crippen LogP contribution >= 0.6 is 0 Å². The third-order valence-corrected chi connectivity index (χ3v) is 3.65. The number of methoxy groups -OCH3 is 1. The molecule has 0 aliphatic heterocycles. The fourth-order valence-electron chi connectivity index (χ4n) is 2.43. The molecule has 118 valence electrons. The van der Waals surface area contributed by atoms with Crippen molar-refractivity contribution >= 4 is 11.0 Å². The molecule has 0 bridgehead atoms.